The van der Waals surface area contributed by atoms with Crippen molar-refractivity contribution in [3.8, 4) is 5.75 Å². The van der Waals surface area contributed by atoms with Crippen LogP contribution in [-0.2, 0) is 0 Å². The highest BCUT2D eigenvalue weighted by Crippen LogP contribution is 2.30. The van der Waals surface area contributed by atoms with Crippen LogP contribution >= 0.6 is 0 Å². The van der Waals surface area contributed by atoms with E-state index in [9.17, 15) is 5.11 Å². The van der Waals surface area contributed by atoms with Crippen molar-refractivity contribution in [2.45, 2.75) is 25.3 Å². The molecule has 0 amide bonds. The van der Waals surface area contributed by atoms with Crippen LogP contribution in [0.3, 0.4) is 0 Å². The number of nitrogens with two attached hydrogens (primary N) is 2. The van der Waals surface area contributed by atoms with Crippen LogP contribution in [0.25, 0.3) is 0 Å². The lowest BCUT2D eigenvalue weighted by molar-refractivity contribution is 0.229. The van der Waals surface area contributed by atoms with Gasteiger partial charge in [0.1, 0.15) is 5.75 Å². The third-order valence-corrected chi connectivity index (χ3v) is 4.51. The minimum Gasteiger partial charge on any atom is -0.497 e. The number of nitrogen functional groups attached to an aromatic ring is 1. The summed E-state index contributed by atoms with van der Waals surface area (Å²) in [7, 11) is 1.61. The van der Waals surface area contributed by atoms with E-state index in [-0.39, 0.29) is 12.6 Å². The summed E-state index contributed by atoms with van der Waals surface area (Å²) in [4.78, 5) is 8.71. The van der Waals surface area contributed by atoms with Crippen LogP contribution in [0.15, 0.2) is 30.5 Å². The number of aliphatic hydroxyl groups excluding tert-OH is 1. The smallest absolute Gasteiger partial charge is 0.225 e. The number of methoxy groups -OCH3 is 1. The number of aliphatic hydroxyl groups is 1. The number of hydrogen-bond donors (Lipinski definition) is 4. The highest BCUT2D eigenvalue weighted by molar-refractivity contribution is 5.70. The molecule has 1 aliphatic carbocycles. The molecule has 0 saturated heterocycles. The van der Waals surface area contributed by atoms with E-state index in [2.05, 4.69) is 15.3 Å². The maximum absolute atomic E-state index is 9.26. The topological polar surface area (TPSA) is 123 Å². The second kappa shape index (κ2) is 7.54. The predicted octanol–water partition coefficient (Wildman–Crippen LogP) is 1.65. The lowest BCUT2D eigenvalue weighted by Gasteiger charge is -2.21. The second-order valence-corrected chi connectivity index (χ2v) is 6.24. The van der Waals surface area contributed by atoms with E-state index < -0.39 is 0 Å². The fourth-order valence-corrected chi connectivity index (χ4v) is 3.06. The van der Waals surface area contributed by atoms with Crippen molar-refractivity contribution in [1.82, 2.24) is 9.97 Å². The van der Waals surface area contributed by atoms with Crippen LogP contribution in [0.4, 0.5) is 23.1 Å². The molecule has 2 aromatic rings. The monoisotopic (exact) mass is 344 g/mol. The lowest BCUT2D eigenvalue weighted by atomic mass is 10.1. The van der Waals surface area contributed by atoms with Crippen LogP contribution in [-0.4, -0.2) is 34.8 Å². The summed E-state index contributed by atoms with van der Waals surface area (Å²) in [5.74, 6) is 8.19. The zero-order valence-electron chi connectivity index (χ0n) is 14.2. The Kier molecular flexibility index (Phi) is 5.20. The summed E-state index contributed by atoms with van der Waals surface area (Å²) in [5, 5.41) is 14.0. The Labute approximate surface area is 146 Å². The Balaban J connectivity index is 1.76. The van der Waals surface area contributed by atoms with E-state index in [0.717, 1.165) is 30.7 Å². The number of rotatable bonds is 6. The maximum Gasteiger partial charge on any atom is 0.225 e. The molecule has 1 aliphatic rings. The van der Waals surface area contributed by atoms with Crippen molar-refractivity contribution in [1.29, 1.82) is 0 Å². The highest BCUT2D eigenvalue weighted by atomic mass is 16.5. The first-order valence-corrected chi connectivity index (χ1v) is 8.29. The van der Waals surface area contributed by atoms with Gasteiger partial charge in [0.2, 0.25) is 5.95 Å². The first kappa shape index (κ1) is 17.2. The van der Waals surface area contributed by atoms with Crippen molar-refractivity contribution >= 4 is 23.1 Å². The third-order valence-electron chi connectivity index (χ3n) is 4.51. The number of nitrogens with zero attached hydrogens (tertiary/aromatic N) is 3. The number of hydrazine groups is 1. The molecule has 0 radical (unpaired) electrons. The lowest BCUT2D eigenvalue weighted by Crippen LogP contribution is -2.28. The molecule has 0 aliphatic heterocycles. The summed E-state index contributed by atoms with van der Waals surface area (Å²) < 4.78 is 5.15. The summed E-state index contributed by atoms with van der Waals surface area (Å²) in [5.41, 5.74) is 7.13. The van der Waals surface area contributed by atoms with E-state index in [1.807, 2.05) is 24.3 Å². The molecule has 8 nitrogen and oxygen atoms in total. The van der Waals surface area contributed by atoms with E-state index in [1.54, 1.807) is 13.3 Å². The van der Waals surface area contributed by atoms with Crippen molar-refractivity contribution in [2.75, 3.05) is 29.8 Å². The molecule has 6 N–H and O–H groups in total. The normalized spacial score (nSPS) is 19.6. The first-order chi connectivity index (χ1) is 12.1. The molecule has 1 aromatic carbocycles. The zero-order valence-corrected chi connectivity index (χ0v) is 14.2. The molecule has 2 atom stereocenters. The number of ether oxygens (including phenoxy) is 1. The molecule has 1 unspecified atom stereocenters. The molecule has 25 heavy (non-hydrogen) atoms. The van der Waals surface area contributed by atoms with Gasteiger partial charge in [0.05, 0.1) is 24.7 Å². The third kappa shape index (κ3) is 3.92. The maximum atomic E-state index is 9.26. The van der Waals surface area contributed by atoms with Gasteiger partial charge < -0.3 is 20.9 Å². The van der Waals surface area contributed by atoms with Crippen molar-refractivity contribution in [3.63, 3.8) is 0 Å². The highest BCUT2D eigenvalue weighted by Gasteiger charge is 2.24. The molecule has 1 fully saturated rings. The zero-order chi connectivity index (χ0) is 17.8. The van der Waals surface area contributed by atoms with Gasteiger partial charge >= 0.3 is 0 Å². The fourth-order valence-electron chi connectivity index (χ4n) is 3.06. The van der Waals surface area contributed by atoms with E-state index in [1.165, 1.54) is 5.01 Å². The molecular weight excluding hydrogens is 320 g/mol. The van der Waals surface area contributed by atoms with Gasteiger partial charge in [-0.2, -0.15) is 4.98 Å². The molecule has 134 valence electrons. The first-order valence-electron chi connectivity index (χ1n) is 8.29. The summed E-state index contributed by atoms with van der Waals surface area (Å²) in [6.45, 7) is 0.222. The van der Waals surface area contributed by atoms with Crippen LogP contribution in [0, 0.1) is 5.92 Å². The Hall–Kier alpha value is -2.58. The number of benzene rings is 1. The summed E-state index contributed by atoms with van der Waals surface area (Å²) in [6.07, 6.45) is 4.45. The van der Waals surface area contributed by atoms with Crippen molar-refractivity contribution < 1.29 is 9.84 Å². The Morgan fingerprint density at radius 3 is 2.72 bits per heavy atom. The van der Waals surface area contributed by atoms with Gasteiger partial charge in [0.15, 0.2) is 5.82 Å². The number of aromatic nitrogens is 2. The average Bonchev–Trinajstić information content (AvgIpc) is 3.10. The fraction of sp³-hybridized carbons (Fsp3) is 0.412. The molecule has 8 heteroatoms. The van der Waals surface area contributed by atoms with E-state index in [4.69, 9.17) is 16.3 Å². The minimum atomic E-state index is 0.222. The molecule has 1 saturated carbocycles. The molecule has 0 bridgehead atoms. The second-order valence-electron chi connectivity index (χ2n) is 6.24. The molecule has 1 aromatic heterocycles. The standard InChI is InChI=1S/C17H24N6O2/c1-25-14-6-4-13(5-7-14)23(19)16-15(18)9-20-17(22-16)21-12-3-2-11(8-12)10-24/h4-7,9,11-12,24H,2-3,8,10,18-19H2,1H3,(H,20,21,22)/t11-,12?/m0/s1. The summed E-state index contributed by atoms with van der Waals surface area (Å²) >= 11 is 0. The minimum absolute atomic E-state index is 0.222. The van der Waals surface area contributed by atoms with E-state index >= 15 is 0 Å². The van der Waals surface area contributed by atoms with Gasteiger partial charge in [-0.3, -0.25) is 5.01 Å². The van der Waals surface area contributed by atoms with Gasteiger partial charge in [-0.25, -0.2) is 10.8 Å². The molecule has 1 heterocycles. The van der Waals surface area contributed by atoms with Gasteiger partial charge in [-0.15, -0.1) is 0 Å². The largest absolute Gasteiger partial charge is 0.497 e. The van der Waals surface area contributed by atoms with E-state index in [0.29, 0.717) is 23.4 Å². The SMILES string of the molecule is COc1ccc(N(N)c2nc(NC3CC[C@H](CO)C3)ncc2N)cc1. The predicted molar refractivity (Wildman–Crippen MR) is 97.6 cm³/mol. The van der Waals surface area contributed by atoms with Crippen molar-refractivity contribution in [3.05, 3.63) is 30.5 Å². The van der Waals surface area contributed by atoms with Gasteiger partial charge in [-0.1, -0.05) is 0 Å². The van der Waals surface area contributed by atoms with Gasteiger partial charge in [0.25, 0.3) is 0 Å². The Bertz CT molecular complexity index is 709. The molecule has 0 spiro atoms. The van der Waals surface area contributed by atoms with Gasteiger partial charge in [0, 0.05) is 12.6 Å². The Morgan fingerprint density at radius 1 is 1.32 bits per heavy atom. The number of anilines is 4. The number of hydrogen-bond acceptors (Lipinski definition) is 8. The van der Waals surface area contributed by atoms with Crippen LogP contribution in [0.2, 0.25) is 0 Å². The molecule has 3 rings (SSSR count). The van der Waals surface area contributed by atoms with Gasteiger partial charge in [-0.05, 0) is 49.4 Å². The van der Waals surface area contributed by atoms with Crippen molar-refractivity contribution in [2.24, 2.45) is 11.8 Å². The average molecular weight is 344 g/mol. The van der Waals surface area contributed by atoms with Crippen LogP contribution < -0.4 is 26.6 Å². The Morgan fingerprint density at radius 2 is 2.08 bits per heavy atom. The van der Waals surface area contributed by atoms with Crippen LogP contribution in [0.1, 0.15) is 19.3 Å². The molecular formula is C17H24N6O2. The quantitative estimate of drug-likeness (QED) is 0.461. The number of nitrogens with one attached hydrogen (secondary N) is 1. The summed E-state index contributed by atoms with van der Waals surface area (Å²) in [6, 6.07) is 7.55. The van der Waals surface area contributed by atoms with Crippen LogP contribution in [0.5, 0.6) is 5.75 Å².